The SMILES string of the molecule is COc1ccc2c3c1O[C@H]1C(OC(=O)CC(OC(=O)C(C)O)C(=O)OC(C)C(=O)O)=CC[C@@]4(O)[C@@H](C2)N(C)CC[C@]314. The highest BCUT2D eigenvalue weighted by molar-refractivity contribution is 5.87. The molecule has 2 aliphatic carbocycles. The second-order valence-corrected chi connectivity index (χ2v) is 11.0. The minimum absolute atomic E-state index is 0.127. The first-order chi connectivity index (χ1) is 19.3. The number of methoxy groups -OCH3 is 1. The Morgan fingerprint density at radius 3 is 2.56 bits per heavy atom. The quantitative estimate of drug-likeness (QED) is 0.269. The fourth-order valence-corrected chi connectivity index (χ4v) is 6.62. The molecule has 0 saturated carbocycles. The van der Waals surface area contributed by atoms with Crippen molar-refractivity contribution in [2.75, 3.05) is 20.7 Å². The lowest BCUT2D eigenvalue weighted by Crippen LogP contribution is -2.74. The maximum Gasteiger partial charge on any atom is 0.348 e. The molecule has 1 fully saturated rings. The maximum absolute atomic E-state index is 13.2. The molecule has 4 aliphatic rings. The molecule has 13 heteroatoms. The van der Waals surface area contributed by atoms with Gasteiger partial charge in [-0.05, 0) is 58.0 Å². The van der Waals surface area contributed by atoms with E-state index in [0.29, 0.717) is 30.9 Å². The van der Waals surface area contributed by atoms with Gasteiger partial charge in [0.25, 0.3) is 0 Å². The number of aliphatic hydroxyl groups is 2. The van der Waals surface area contributed by atoms with E-state index in [9.17, 15) is 29.4 Å². The zero-order valence-corrected chi connectivity index (χ0v) is 23.1. The zero-order valence-electron chi connectivity index (χ0n) is 23.1. The van der Waals surface area contributed by atoms with Gasteiger partial charge in [0.2, 0.25) is 6.10 Å². The number of carbonyl (C=O) groups is 4. The molecule has 1 aromatic rings. The normalized spacial score (nSPS) is 29.6. The average molecular weight is 576 g/mol. The molecular weight excluding hydrogens is 542 g/mol. The molecule has 5 rings (SSSR count). The van der Waals surface area contributed by atoms with Crippen molar-refractivity contribution in [1.82, 2.24) is 4.90 Å². The fraction of sp³-hybridized carbons (Fsp3) is 0.571. The molecule has 1 saturated heterocycles. The van der Waals surface area contributed by atoms with Gasteiger partial charge in [-0.15, -0.1) is 0 Å². The molecule has 13 nitrogen and oxygen atoms in total. The van der Waals surface area contributed by atoms with E-state index in [0.717, 1.165) is 25.0 Å². The molecule has 2 heterocycles. The van der Waals surface area contributed by atoms with E-state index in [1.165, 1.54) is 7.11 Å². The van der Waals surface area contributed by atoms with Crippen molar-refractivity contribution < 1.29 is 58.2 Å². The second-order valence-electron chi connectivity index (χ2n) is 11.0. The summed E-state index contributed by atoms with van der Waals surface area (Å²) in [4.78, 5) is 51.0. The molecule has 1 spiro atoms. The third-order valence-corrected chi connectivity index (χ3v) is 8.64. The van der Waals surface area contributed by atoms with Crippen molar-refractivity contribution in [3.8, 4) is 11.5 Å². The van der Waals surface area contributed by atoms with Crippen LogP contribution in [-0.2, 0) is 45.2 Å². The summed E-state index contributed by atoms with van der Waals surface area (Å²) in [6.45, 7) is 2.86. The average Bonchev–Trinajstić information content (AvgIpc) is 3.27. The molecule has 3 N–H and O–H groups in total. The van der Waals surface area contributed by atoms with Gasteiger partial charge in [-0.1, -0.05) is 6.07 Å². The summed E-state index contributed by atoms with van der Waals surface area (Å²) in [7, 11) is 3.48. The van der Waals surface area contributed by atoms with Gasteiger partial charge >= 0.3 is 23.9 Å². The predicted molar refractivity (Wildman–Crippen MR) is 137 cm³/mol. The Morgan fingerprint density at radius 1 is 1.17 bits per heavy atom. The summed E-state index contributed by atoms with van der Waals surface area (Å²) < 4.78 is 27.4. The van der Waals surface area contributed by atoms with Gasteiger partial charge in [0.1, 0.15) is 11.9 Å². The van der Waals surface area contributed by atoms with E-state index in [1.807, 2.05) is 19.2 Å². The van der Waals surface area contributed by atoms with Crippen LogP contribution < -0.4 is 9.47 Å². The first-order valence-electron chi connectivity index (χ1n) is 13.4. The summed E-state index contributed by atoms with van der Waals surface area (Å²) >= 11 is 0. The number of aliphatic hydroxyl groups excluding tert-OH is 1. The molecule has 2 aliphatic heterocycles. The second kappa shape index (κ2) is 10.3. The Morgan fingerprint density at radius 2 is 1.90 bits per heavy atom. The number of likely N-dealkylation sites (N-methyl/N-ethyl adjacent to an activating group) is 1. The minimum Gasteiger partial charge on any atom is -0.493 e. The summed E-state index contributed by atoms with van der Waals surface area (Å²) in [5, 5.41) is 30.8. The summed E-state index contributed by atoms with van der Waals surface area (Å²) in [6.07, 6.45) is -3.90. The van der Waals surface area contributed by atoms with Crippen molar-refractivity contribution in [1.29, 1.82) is 0 Å². The molecule has 222 valence electrons. The van der Waals surface area contributed by atoms with Gasteiger partial charge in [0.15, 0.2) is 23.7 Å². The highest BCUT2D eigenvalue weighted by atomic mass is 16.6. The van der Waals surface area contributed by atoms with Gasteiger partial charge in [-0.25, -0.2) is 14.4 Å². The Hall–Kier alpha value is -3.68. The molecule has 0 amide bonds. The number of carbonyl (C=O) groups excluding carboxylic acids is 3. The van der Waals surface area contributed by atoms with E-state index in [4.69, 9.17) is 28.8 Å². The lowest BCUT2D eigenvalue weighted by atomic mass is 9.50. The van der Waals surface area contributed by atoms with Crippen molar-refractivity contribution in [3.63, 3.8) is 0 Å². The number of rotatable bonds is 9. The first-order valence-corrected chi connectivity index (χ1v) is 13.4. The van der Waals surface area contributed by atoms with E-state index >= 15 is 0 Å². The highest BCUT2D eigenvalue weighted by Gasteiger charge is 2.72. The number of esters is 3. The van der Waals surface area contributed by atoms with E-state index in [-0.39, 0.29) is 18.2 Å². The van der Waals surface area contributed by atoms with Crippen LogP contribution in [0.25, 0.3) is 0 Å². The van der Waals surface area contributed by atoms with Crippen molar-refractivity contribution in [2.24, 2.45) is 0 Å². The van der Waals surface area contributed by atoms with Crippen molar-refractivity contribution in [3.05, 3.63) is 35.1 Å². The minimum atomic E-state index is -1.87. The number of piperidine rings is 1. The Labute approximate surface area is 235 Å². The molecular formula is C28H33NO12. The molecule has 7 atom stereocenters. The Balaban J connectivity index is 1.44. The number of hydrogen-bond donors (Lipinski definition) is 3. The van der Waals surface area contributed by atoms with Gasteiger partial charge in [-0.3, -0.25) is 4.79 Å². The standard InChI is InChI=1S/C28H33NO12/c1-13(30)25(34)40-18(26(35)38-14(2)24(32)33)12-20(31)39-17-7-8-28(36)19-11-15-5-6-16(37-4)22-21(15)27(28,23(17)41-22)9-10-29(19)3/h5-7,13-14,18-19,23,30,36H,8-12H2,1-4H3,(H,32,33)/t13?,14?,18?,19-,23+,27+,28-/m1/s1. The molecule has 41 heavy (non-hydrogen) atoms. The first kappa shape index (κ1) is 28.8. The lowest BCUT2D eigenvalue weighted by molar-refractivity contribution is -0.182. The van der Waals surface area contributed by atoms with E-state index in [2.05, 4.69) is 4.90 Å². The Kier molecular flexibility index (Phi) is 7.24. The largest absolute Gasteiger partial charge is 0.493 e. The number of aliphatic carboxylic acids is 1. The van der Waals surface area contributed by atoms with Gasteiger partial charge in [0.05, 0.1) is 24.5 Å². The van der Waals surface area contributed by atoms with Crippen LogP contribution in [-0.4, -0.2) is 101 Å². The third kappa shape index (κ3) is 4.43. The number of ether oxygens (including phenoxy) is 5. The van der Waals surface area contributed by atoms with Crippen LogP contribution >= 0.6 is 0 Å². The molecule has 2 bridgehead atoms. The summed E-state index contributed by atoms with van der Waals surface area (Å²) in [5.74, 6) is -3.85. The van der Waals surface area contributed by atoms with Crippen LogP contribution in [0.2, 0.25) is 0 Å². The van der Waals surface area contributed by atoms with Gasteiger partial charge < -0.3 is 43.9 Å². The number of carboxylic acid groups (broad SMARTS) is 1. The van der Waals surface area contributed by atoms with Crippen molar-refractivity contribution in [2.45, 2.75) is 81.0 Å². The number of carboxylic acids is 1. The third-order valence-electron chi connectivity index (χ3n) is 8.64. The van der Waals surface area contributed by atoms with E-state index < -0.39 is 65.7 Å². The van der Waals surface area contributed by atoms with Crippen LogP contribution in [0.4, 0.5) is 0 Å². The van der Waals surface area contributed by atoms with Crippen LogP contribution in [0.1, 0.15) is 44.2 Å². The van der Waals surface area contributed by atoms with Crippen LogP contribution in [0.5, 0.6) is 11.5 Å². The monoisotopic (exact) mass is 575 g/mol. The molecule has 0 aromatic heterocycles. The van der Waals surface area contributed by atoms with Gasteiger partial charge in [-0.2, -0.15) is 0 Å². The number of nitrogens with zero attached hydrogens (tertiary/aromatic N) is 1. The zero-order chi connectivity index (χ0) is 29.9. The number of hydrogen-bond acceptors (Lipinski definition) is 12. The Bertz CT molecular complexity index is 1320. The lowest BCUT2D eigenvalue weighted by Gasteiger charge is -2.61. The van der Waals surface area contributed by atoms with Gasteiger partial charge in [0, 0.05) is 18.0 Å². The molecule has 3 unspecified atom stereocenters. The maximum atomic E-state index is 13.2. The number of benzene rings is 1. The molecule has 0 radical (unpaired) electrons. The van der Waals surface area contributed by atoms with Crippen LogP contribution in [0, 0.1) is 0 Å². The number of likely N-dealkylation sites (tertiary alicyclic amines) is 1. The van der Waals surface area contributed by atoms with Crippen LogP contribution in [0.3, 0.4) is 0 Å². The fourth-order valence-electron chi connectivity index (χ4n) is 6.62. The van der Waals surface area contributed by atoms with E-state index in [1.54, 1.807) is 6.08 Å². The van der Waals surface area contributed by atoms with Crippen molar-refractivity contribution >= 4 is 23.9 Å². The topological polar surface area (TPSA) is 178 Å². The predicted octanol–water partition coefficient (Wildman–Crippen LogP) is 0.215. The summed E-state index contributed by atoms with van der Waals surface area (Å²) in [6, 6.07) is 3.56. The molecule has 1 aromatic carbocycles. The smallest absolute Gasteiger partial charge is 0.348 e. The summed E-state index contributed by atoms with van der Waals surface area (Å²) in [5.41, 5.74) is -0.306. The highest BCUT2D eigenvalue weighted by Crippen LogP contribution is 2.65. The van der Waals surface area contributed by atoms with Crippen LogP contribution in [0.15, 0.2) is 24.0 Å².